The standard InChI is InChI=1S/C12H27BO/c1-4-6-12(3)14-10-5-7-11(2)8-9-13/h11-12H,4-10,13H2,1-3H3. The molecule has 0 heterocycles. The summed E-state index contributed by atoms with van der Waals surface area (Å²) in [4.78, 5) is 0. The fourth-order valence-electron chi connectivity index (χ4n) is 1.84. The van der Waals surface area contributed by atoms with Gasteiger partial charge in [0.2, 0.25) is 0 Å². The Hall–Kier alpha value is 0.0249. The van der Waals surface area contributed by atoms with E-state index in [9.17, 15) is 0 Å². The Balaban J connectivity index is 3.19. The first kappa shape index (κ1) is 14.0. The smallest absolute Gasteiger partial charge is 0.101 e. The molecule has 0 aromatic heterocycles. The third-order valence-corrected chi connectivity index (χ3v) is 2.72. The van der Waals surface area contributed by atoms with Gasteiger partial charge < -0.3 is 4.74 Å². The fraction of sp³-hybridized carbons (Fsp3) is 1.00. The number of hydrogen-bond donors (Lipinski definition) is 0. The van der Waals surface area contributed by atoms with Crippen LogP contribution < -0.4 is 0 Å². The Morgan fingerprint density at radius 1 is 1.14 bits per heavy atom. The number of hydrogen-bond acceptors (Lipinski definition) is 1. The molecule has 0 saturated carbocycles. The van der Waals surface area contributed by atoms with Crippen LogP contribution in [0.3, 0.4) is 0 Å². The molecule has 0 saturated heterocycles. The van der Waals surface area contributed by atoms with Crippen molar-refractivity contribution < 1.29 is 4.74 Å². The minimum absolute atomic E-state index is 0.460. The molecule has 0 aromatic rings. The van der Waals surface area contributed by atoms with E-state index in [2.05, 4.69) is 28.6 Å². The van der Waals surface area contributed by atoms with Gasteiger partial charge in [0.05, 0.1) is 6.10 Å². The van der Waals surface area contributed by atoms with Crippen molar-refractivity contribution in [1.82, 2.24) is 0 Å². The summed E-state index contributed by atoms with van der Waals surface area (Å²) in [5.41, 5.74) is 0. The maximum atomic E-state index is 5.71. The van der Waals surface area contributed by atoms with Crippen molar-refractivity contribution in [2.75, 3.05) is 6.61 Å². The molecule has 84 valence electrons. The maximum absolute atomic E-state index is 5.71. The topological polar surface area (TPSA) is 9.23 Å². The first-order chi connectivity index (χ1) is 6.70. The zero-order chi connectivity index (χ0) is 10.8. The highest BCUT2D eigenvalue weighted by Crippen LogP contribution is 2.12. The van der Waals surface area contributed by atoms with E-state index in [0.29, 0.717) is 6.10 Å². The van der Waals surface area contributed by atoms with Crippen LogP contribution in [0, 0.1) is 5.92 Å². The Morgan fingerprint density at radius 2 is 1.86 bits per heavy atom. The Bertz CT molecular complexity index is 103. The summed E-state index contributed by atoms with van der Waals surface area (Å²) in [6.07, 6.45) is 8.12. The van der Waals surface area contributed by atoms with Crippen LogP contribution in [0.5, 0.6) is 0 Å². The van der Waals surface area contributed by atoms with Crippen molar-refractivity contribution in [2.24, 2.45) is 5.92 Å². The third kappa shape index (κ3) is 8.62. The lowest BCUT2D eigenvalue weighted by molar-refractivity contribution is 0.0555. The summed E-state index contributed by atoms with van der Waals surface area (Å²) in [6, 6.07) is 0. The molecule has 0 fully saturated rings. The summed E-state index contributed by atoms with van der Waals surface area (Å²) in [6.45, 7) is 7.69. The van der Waals surface area contributed by atoms with Crippen LogP contribution in [-0.4, -0.2) is 20.6 Å². The van der Waals surface area contributed by atoms with Crippen molar-refractivity contribution in [2.45, 2.75) is 65.3 Å². The van der Waals surface area contributed by atoms with Gasteiger partial charge >= 0.3 is 0 Å². The number of ether oxygens (including phenoxy) is 1. The molecule has 2 heteroatoms. The SMILES string of the molecule is BCCC(C)CCCOC(C)CCC. The van der Waals surface area contributed by atoms with Crippen LogP contribution >= 0.6 is 0 Å². The summed E-state index contributed by atoms with van der Waals surface area (Å²) >= 11 is 0. The predicted octanol–water partition coefficient (Wildman–Crippen LogP) is 3.05. The second-order valence-electron chi connectivity index (χ2n) is 4.51. The van der Waals surface area contributed by atoms with Crippen LogP contribution in [0.2, 0.25) is 6.32 Å². The van der Waals surface area contributed by atoms with Crippen molar-refractivity contribution in [1.29, 1.82) is 0 Å². The van der Waals surface area contributed by atoms with Crippen LogP contribution in [0.4, 0.5) is 0 Å². The van der Waals surface area contributed by atoms with Crippen molar-refractivity contribution >= 4 is 7.85 Å². The lowest BCUT2D eigenvalue weighted by atomic mass is 9.92. The average molecular weight is 198 g/mol. The van der Waals surface area contributed by atoms with Gasteiger partial charge in [0.15, 0.2) is 0 Å². The highest BCUT2D eigenvalue weighted by atomic mass is 16.5. The van der Waals surface area contributed by atoms with Gasteiger partial charge in [-0.3, -0.25) is 0 Å². The fourth-order valence-corrected chi connectivity index (χ4v) is 1.84. The van der Waals surface area contributed by atoms with E-state index in [0.717, 1.165) is 12.5 Å². The van der Waals surface area contributed by atoms with E-state index in [1.165, 1.54) is 38.4 Å². The largest absolute Gasteiger partial charge is 0.379 e. The third-order valence-electron chi connectivity index (χ3n) is 2.72. The zero-order valence-corrected chi connectivity index (χ0v) is 10.5. The quantitative estimate of drug-likeness (QED) is 0.408. The summed E-state index contributed by atoms with van der Waals surface area (Å²) < 4.78 is 5.71. The van der Waals surface area contributed by atoms with Crippen LogP contribution in [0.25, 0.3) is 0 Å². The molecule has 0 aliphatic carbocycles. The second kappa shape index (κ2) is 9.58. The molecule has 0 aromatic carbocycles. The molecular formula is C12H27BO. The highest BCUT2D eigenvalue weighted by Gasteiger charge is 2.02. The highest BCUT2D eigenvalue weighted by molar-refractivity contribution is 6.08. The molecule has 0 bridgehead atoms. The van der Waals surface area contributed by atoms with E-state index in [1.807, 2.05) is 0 Å². The minimum Gasteiger partial charge on any atom is -0.379 e. The van der Waals surface area contributed by atoms with Crippen LogP contribution in [0.15, 0.2) is 0 Å². The van der Waals surface area contributed by atoms with Gasteiger partial charge in [-0.2, -0.15) is 0 Å². The molecule has 1 nitrogen and oxygen atoms in total. The van der Waals surface area contributed by atoms with Crippen molar-refractivity contribution in [3.05, 3.63) is 0 Å². The lowest BCUT2D eigenvalue weighted by Crippen LogP contribution is -2.09. The van der Waals surface area contributed by atoms with E-state index in [-0.39, 0.29) is 0 Å². The first-order valence-electron chi connectivity index (χ1n) is 6.32. The molecule has 0 spiro atoms. The van der Waals surface area contributed by atoms with Crippen LogP contribution in [0.1, 0.15) is 52.9 Å². The normalized spacial score (nSPS) is 15.4. The maximum Gasteiger partial charge on any atom is 0.101 e. The Labute approximate surface area is 91.0 Å². The average Bonchev–Trinajstić information content (AvgIpc) is 2.13. The molecule has 0 amide bonds. The molecule has 0 rings (SSSR count). The first-order valence-corrected chi connectivity index (χ1v) is 6.32. The van der Waals surface area contributed by atoms with E-state index >= 15 is 0 Å². The summed E-state index contributed by atoms with van der Waals surface area (Å²) in [5, 5.41) is 0. The van der Waals surface area contributed by atoms with E-state index in [4.69, 9.17) is 4.74 Å². The van der Waals surface area contributed by atoms with Crippen LogP contribution in [-0.2, 0) is 4.74 Å². The molecule has 2 unspecified atom stereocenters. The second-order valence-corrected chi connectivity index (χ2v) is 4.51. The van der Waals surface area contributed by atoms with E-state index in [1.54, 1.807) is 0 Å². The molecule has 0 aliphatic rings. The predicted molar refractivity (Wildman–Crippen MR) is 66.7 cm³/mol. The monoisotopic (exact) mass is 198 g/mol. The minimum atomic E-state index is 0.460. The molecule has 14 heavy (non-hydrogen) atoms. The number of rotatable bonds is 9. The van der Waals surface area contributed by atoms with Gasteiger partial charge in [0.1, 0.15) is 7.85 Å². The molecule has 0 radical (unpaired) electrons. The molecule has 0 N–H and O–H groups in total. The lowest BCUT2D eigenvalue weighted by Gasteiger charge is -2.13. The van der Waals surface area contributed by atoms with Crippen molar-refractivity contribution in [3.8, 4) is 0 Å². The van der Waals surface area contributed by atoms with Gasteiger partial charge in [0.25, 0.3) is 0 Å². The molecule has 0 aliphatic heterocycles. The van der Waals surface area contributed by atoms with Crippen molar-refractivity contribution in [3.63, 3.8) is 0 Å². The van der Waals surface area contributed by atoms with E-state index < -0.39 is 0 Å². The van der Waals surface area contributed by atoms with Gasteiger partial charge in [0, 0.05) is 6.61 Å². The van der Waals surface area contributed by atoms with Gasteiger partial charge in [-0.05, 0) is 32.1 Å². The summed E-state index contributed by atoms with van der Waals surface area (Å²) in [5.74, 6) is 0.880. The van der Waals surface area contributed by atoms with Gasteiger partial charge in [-0.15, -0.1) is 0 Å². The molecular weight excluding hydrogens is 171 g/mol. The Kier molecular flexibility index (Phi) is 9.59. The van der Waals surface area contributed by atoms with Gasteiger partial charge in [-0.1, -0.05) is 33.0 Å². The zero-order valence-electron chi connectivity index (χ0n) is 10.5. The molecule has 2 atom stereocenters. The Morgan fingerprint density at radius 3 is 2.43 bits per heavy atom. The summed E-state index contributed by atoms with van der Waals surface area (Å²) in [7, 11) is 2.26. The van der Waals surface area contributed by atoms with Gasteiger partial charge in [-0.25, -0.2) is 0 Å².